The maximum absolute atomic E-state index is 13.2. The van der Waals surface area contributed by atoms with Gasteiger partial charge in [0.2, 0.25) is 11.8 Å². The van der Waals surface area contributed by atoms with Crippen molar-refractivity contribution in [3.05, 3.63) is 71.0 Å². The summed E-state index contributed by atoms with van der Waals surface area (Å²) < 4.78 is 13.2. The molecule has 3 amide bonds. The van der Waals surface area contributed by atoms with Gasteiger partial charge in [0.05, 0.1) is 0 Å². The number of amides is 3. The first-order valence-corrected chi connectivity index (χ1v) is 10.2. The van der Waals surface area contributed by atoms with E-state index in [9.17, 15) is 18.8 Å². The third-order valence-corrected chi connectivity index (χ3v) is 5.68. The fourth-order valence-electron chi connectivity index (χ4n) is 4.08. The van der Waals surface area contributed by atoms with Gasteiger partial charge in [-0.25, -0.2) is 4.39 Å². The van der Waals surface area contributed by atoms with E-state index < -0.39 is 0 Å². The van der Waals surface area contributed by atoms with Crippen LogP contribution in [0.1, 0.15) is 40.7 Å². The molecule has 1 unspecified atom stereocenters. The molecule has 0 radical (unpaired) electrons. The van der Waals surface area contributed by atoms with Crippen LogP contribution in [0.2, 0.25) is 0 Å². The van der Waals surface area contributed by atoms with Crippen LogP contribution in [-0.2, 0) is 22.7 Å². The van der Waals surface area contributed by atoms with E-state index in [1.54, 1.807) is 46.2 Å². The van der Waals surface area contributed by atoms with Crippen LogP contribution in [-0.4, -0.2) is 46.7 Å². The average molecular weight is 409 g/mol. The number of piperazine rings is 1. The van der Waals surface area contributed by atoms with Crippen LogP contribution in [0.4, 0.5) is 4.39 Å². The Morgan fingerprint density at radius 3 is 2.63 bits per heavy atom. The number of carbonyl (C=O) groups is 3. The summed E-state index contributed by atoms with van der Waals surface area (Å²) in [5.41, 5.74) is 2.03. The topological polar surface area (TPSA) is 69.7 Å². The Kier molecular flexibility index (Phi) is 5.79. The molecule has 1 N–H and O–H groups in total. The first kappa shape index (κ1) is 20.1. The van der Waals surface area contributed by atoms with Crippen LogP contribution in [0.5, 0.6) is 0 Å². The third-order valence-electron chi connectivity index (χ3n) is 5.68. The molecule has 0 aliphatic carbocycles. The number of rotatable bonds is 5. The van der Waals surface area contributed by atoms with Crippen molar-refractivity contribution in [1.82, 2.24) is 15.1 Å². The Morgan fingerprint density at radius 2 is 1.87 bits per heavy atom. The minimum Gasteiger partial charge on any atom is -0.348 e. The molecule has 6 nitrogen and oxygen atoms in total. The molecule has 2 fully saturated rings. The average Bonchev–Trinajstić information content (AvgIpc) is 2.76. The van der Waals surface area contributed by atoms with Gasteiger partial charge >= 0.3 is 0 Å². The van der Waals surface area contributed by atoms with E-state index in [1.165, 1.54) is 12.1 Å². The van der Waals surface area contributed by atoms with Crippen molar-refractivity contribution >= 4 is 17.7 Å². The van der Waals surface area contributed by atoms with Gasteiger partial charge in [-0.05, 0) is 54.7 Å². The lowest BCUT2D eigenvalue weighted by molar-refractivity contribution is -0.158. The largest absolute Gasteiger partial charge is 0.348 e. The van der Waals surface area contributed by atoms with E-state index in [0.29, 0.717) is 24.2 Å². The fourth-order valence-corrected chi connectivity index (χ4v) is 4.08. The van der Waals surface area contributed by atoms with Crippen molar-refractivity contribution in [2.45, 2.75) is 38.4 Å². The number of hydrogen-bond acceptors (Lipinski definition) is 3. The summed E-state index contributed by atoms with van der Waals surface area (Å²) in [4.78, 5) is 40.8. The number of piperidine rings is 1. The summed E-state index contributed by atoms with van der Waals surface area (Å²) in [6, 6.07) is 12.7. The molecule has 0 bridgehead atoms. The van der Waals surface area contributed by atoms with Gasteiger partial charge in [0.1, 0.15) is 18.4 Å². The molecule has 7 heteroatoms. The smallest absolute Gasteiger partial charge is 0.251 e. The number of fused-ring (bicyclic) bond motifs is 1. The standard InChI is InChI=1S/C23H24FN3O3/c24-19-5-3-4-17(12-19)13-25-22(29)18-9-7-16(8-10-18)14-26-15-21(28)27-11-2-1-6-20(27)23(26)30/h3-5,7-10,12,20H,1-2,6,11,13-15H2,(H,25,29). The molecule has 156 valence electrons. The lowest BCUT2D eigenvalue weighted by Gasteiger charge is -2.42. The summed E-state index contributed by atoms with van der Waals surface area (Å²) in [5, 5.41) is 2.77. The van der Waals surface area contributed by atoms with Crippen LogP contribution in [0.3, 0.4) is 0 Å². The molecule has 1 atom stereocenters. The number of nitrogens with one attached hydrogen (secondary N) is 1. The van der Waals surface area contributed by atoms with Crippen molar-refractivity contribution < 1.29 is 18.8 Å². The lowest BCUT2D eigenvalue weighted by Crippen LogP contribution is -2.60. The van der Waals surface area contributed by atoms with E-state index in [-0.39, 0.29) is 42.7 Å². The monoisotopic (exact) mass is 409 g/mol. The normalized spacial score (nSPS) is 18.9. The molecule has 2 aromatic carbocycles. The molecule has 0 spiro atoms. The lowest BCUT2D eigenvalue weighted by atomic mass is 9.98. The molecule has 2 aromatic rings. The molecule has 2 saturated heterocycles. The van der Waals surface area contributed by atoms with E-state index in [4.69, 9.17) is 0 Å². The van der Waals surface area contributed by atoms with Crippen LogP contribution in [0, 0.1) is 5.82 Å². The molecule has 30 heavy (non-hydrogen) atoms. The van der Waals surface area contributed by atoms with Crippen LogP contribution in [0.15, 0.2) is 48.5 Å². The number of nitrogens with zero attached hydrogens (tertiary/aromatic N) is 2. The van der Waals surface area contributed by atoms with Gasteiger partial charge in [-0.3, -0.25) is 14.4 Å². The molecular formula is C23H24FN3O3. The van der Waals surface area contributed by atoms with E-state index in [2.05, 4.69) is 5.32 Å². The van der Waals surface area contributed by atoms with Gasteiger partial charge in [-0.15, -0.1) is 0 Å². The number of carbonyl (C=O) groups excluding carboxylic acids is 3. The van der Waals surface area contributed by atoms with Gasteiger partial charge in [-0.2, -0.15) is 0 Å². The number of benzene rings is 2. The molecule has 0 saturated carbocycles. The van der Waals surface area contributed by atoms with E-state index in [0.717, 1.165) is 24.8 Å². The van der Waals surface area contributed by atoms with Crippen LogP contribution in [0.25, 0.3) is 0 Å². The van der Waals surface area contributed by atoms with Crippen molar-refractivity contribution in [2.24, 2.45) is 0 Å². The molecule has 0 aromatic heterocycles. The van der Waals surface area contributed by atoms with Gasteiger partial charge in [0.25, 0.3) is 5.91 Å². The molecular weight excluding hydrogens is 385 g/mol. The molecule has 4 rings (SSSR count). The Morgan fingerprint density at radius 1 is 1.07 bits per heavy atom. The summed E-state index contributed by atoms with van der Waals surface area (Å²) in [7, 11) is 0. The van der Waals surface area contributed by atoms with E-state index in [1.807, 2.05) is 0 Å². The Hall–Kier alpha value is -3.22. The zero-order valence-electron chi connectivity index (χ0n) is 16.6. The number of hydrogen-bond donors (Lipinski definition) is 1. The summed E-state index contributed by atoms with van der Waals surface area (Å²) in [6.45, 7) is 1.36. The Balaban J connectivity index is 1.35. The van der Waals surface area contributed by atoms with Crippen molar-refractivity contribution in [3.8, 4) is 0 Å². The second-order valence-corrected chi connectivity index (χ2v) is 7.80. The molecule has 2 aliphatic heterocycles. The van der Waals surface area contributed by atoms with Crippen molar-refractivity contribution in [2.75, 3.05) is 13.1 Å². The predicted molar refractivity (Wildman–Crippen MR) is 109 cm³/mol. The van der Waals surface area contributed by atoms with Crippen molar-refractivity contribution in [1.29, 1.82) is 0 Å². The first-order valence-electron chi connectivity index (χ1n) is 10.2. The highest BCUT2D eigenvalue weighted by atomic mass is 19.1. The van der Waals surface area contributed by atoms with Crippen LogP contribution < -0.4 is 5.32 Å². The maximum Gasteiger partial charge on any atom is 0.251 e. The molecule has 2 heterocycles. The predicted octanol–water partition coefficient (Wildman–Crippen LogP) is 2.48. The maximum atomic E-state index is 13.2. The fraction of sp³-hybridized carbons (Fsp3) is 0.348. The second-order valence-electron chi connectivity index (χ2n) is 7.80. The zero-order chi connectivity index (χ0) is 21.1. The van der Waals surface area contributed by atoms with Gasteiger partial charge in [0, 0.05) is 25.2 Å². The summed E-state index contributed by atoms with van der Waals surface area (Å²) in [5.74, 6) is -0.583. The number of halogens is 1. The van der Waals surface area contributed by atoms with Gasteiger partial charge in [0.15, 0.2) is 0 Å². The highest BCUT2D eigenvalue weighted by Gasteiger charge is 2.40. The quantitative estimate of drug-likeness (QED) is 0.825. The summed E-state index contributed by atoms with van der Waals surface area (Å²) in [6.07, 6.45) is 2.65. The third kappa shape index (κ3) is 4.35. The minimum atomic E-state index is -0.340. The van der Waals surface area contributed by atoms with Crippen molar-refractivity contribution in [3.63, 3.8) is 0 Å². The minimum absolute atomic E-state index is 0.00575. The highest BCUT2D eigenvalue weighted by Crippen LogP contribution is 2.24. The van der Waals surface area contributed by atoms with E-state index >= 15 is 0 Å². The first-order chi connectivity index (χ1) is 14.5. The van der Waals surface area contributed by atoms with Gasteiger partial charge < -0.3 is 15.1 Å². The van der Waals surface area contributed by atoms with Crippen LogP contribution >= 0.6 is 0 Å². The Bertz CT molecular complexity index is 960. The zero-order valence-corrected chi connectivity index (χ0v) is 16.6. The summed E-state index contributed by atoms with van der Waals surface area (Å²) >= 11 is 0. The SMILES string of the molecule is O=C(NCc1cccc(F)c1)c1ccc(CN2CC(=O)N3CCCCC3C2=O)cc1. The second kappa shape index (κ2) is 8.65. The Labute approximate surface area is 174 Å². The molecule has 2 aliphatic rings. The highest BCUT2D eigenvalue weighted by molar-refractivity contribution is 5.95. The van der Waals surface area contributed by atoms with Gasteiger partial charge in [-0.1, -0.05) is 24.3 Å².